The van der Waals surface area contributed by atoms with Gasteiger partial charge in [0.1, 0.15) is 11.8 Å². The van der Waals surface area contributed by atoms with Crippen molar-refractivity contribution in [2.24, 2.45) is 5.92 Å². The Bertz CT molecular complexity index is 350. The predicted octanol–water partition coefficient (Wildman–Crippen LogP) is 1.79. The van der Waals surface area contributed by atoms with Gasteiger partial charge in [0.15, 0.2) is 5.75 Å². The van der Waals surface area contributed by atoms with Crippen LogP contribution in [0.25, 0.3) is 0 Å². The fraction of sp³-hybridized carbons (Fsp3) is 0.750. The Kier molecular flexibility index (Phi) is 4.96. The minimum atomic E-state index is -0.644. The molecule has 0 radical (unpaired) electrons. The molecule has 2 unspecified atom stereocenters. The number of aliphatic hydroxyl groups excluding tert-OH is 1. The van der Waals surface area contributed by atoms with E-state index in [1.54, 1.807) is 25.1 Å². The van der Waals surface area contributed by atoms with Crippen LogP contribution in [0.15, 0.2) is 6.20 Å². The summed E-state index contributed by atoms with van der Waals surface area (Å²) in [6.45, 7) is 6.46. The standard InChI is InChI=1S/C12H22N2O3/c1-8(2)14-11(10(17-5)6-13-14)12(15)9(3)7-16-4/h6,8-9,12,15H,7H2,1-5H3. The van der Waals surface area contributed by atoms with Crippen molar-refractivity contribution in [2.75, 3.05) is 20.8 Å². The highest BCUT2D eigenvalue weighted by molar-refractivity contribution is 5.28. The molecule has 0 aromatic carbocycles. The molecule has 0 fully saturated rings. The monoisotopic (exact) mass is 242 g/mol. The number of rotatable bonds is 6. The van der Waals surface area contributed by atoms with Gasteiger partial charge in [0, 0.05) is 19.1 Å². The van der Waals surface area contributed by atoms with E-state index in [-0.39, 0.29) is 12.0 Å². The Balaban J connectivity index is 3.04. The van der Waals surface area contributed by atoms with E-state index in [1.807, 2.05) is 20.8 Å². The van der Waals surface area contributed by atoms with Crippen molar-refractivity contribution in [3.05, 3.63) is 11.9 Å². The molecule has 0 aliphatic carbocycles. The maximum Gasteiger partial charge on any atom is 0.162 e. The van der Waals surface area contributed by atoms with Crippen molar-refractivity contribution < 1.29 is 14.6 Å². The highest BCUT2D eigenvalue weighted by Gasteiger charge is 2.25. The van der Waals surface area contributed by atoms with Gasteiger partial charge >= 0.3 is 0 Å². The van der Waals surface area contributed by atoms with Gasteiger partial charge in [-0.1, -0.05) is 6.92 Å². The second kappa shape index (κ2) is 6.02. The van der Waals surface area contributed by atoms with E-state index < -0.39 is 6.10 Å². The Labute approximate surface area is 102 Å². The molecule has 0 aliphatic heterocycles. The first kappa shape index (κ1) is 14.0. The van der Waals surface area contributed by atoms with Gasteiger partial charge in [-0.25, -0.2) is 0 Å². The summed E-state index contributed by atoms with van der Waals surface area (Å²) in [4.78, 5) is 0. The number of ether oxygens (including phenoxy) is 2. The van der Waals surface area contributed by atoms with Crippen LogP contribution in [0.5, 0.6) is 5.75 Å². The third-order valence-electron chi connectivity index (χ3n) is 2.76. The smallest absolute Gasteiger partial charge is 0.162 e. The van der Waals surface area contributed by atoms with Crippen LogP contribution in [0, 0.1) is 5.92 Å². The van der Waals surface area contributed by atoms with E-state index in [9.17, 15) is 5.11 Å². The summed E-state index contributed by atoms with van der Waals surface area (Å²) in [5.41, 5.74) is 0.715. The minimum Gasteiger partial charge on any atom is -0.493 e. The lowest BCUT2D eigenvalue weighted by Gasteiger charge is -2.21. The van der Waals surface area contributed by atoms with E-state index >= 15 is 0 Å². The third-order valence-corrected chi connectivity index (χ3v) is 2.76. The van der Waals surface area contributed by atoms with Crippen molar-refractivity contribution >= 4 is 0 Å². The topological polar surface area (TPSA) is 56.5 Å². The number of nitrogens with zero attached hydrogens (tertiary/aromatic N) is 2. The van der Waals surface area contributed by atoms with Gasteiger partial charge in [-0.3, -0.25) is 4.68 Å². The molecule has 17 heavy (non-hydrogen) atoms. The molecule has 0 aliphatic rings. The van der Waals surface area contributed by atoms with Crippen LogP contribution in [0.3, 0.4) is 0 Å². The van der Waals surface area contributed by atoms with Crippen molar-refractivity contribution in [1.82, 2.24) is 9.78 Å². The molecule has 1 aromatic heterocycles. The zero-order chi connectivity index (χ0) is 13.0. The highest BCUT2D eigenvalue weighted by Crippen LogP contribution is 2.31. The molecule has 1 heterocycles. The number of aromatic nitrogens is 2. The van der Waals surface area contributed by atoms with Gasteiger partial charge in [-0.2, -0.15) is 5.10 Å². The zero-order valence-electron chi connectivity index (χ0n) is 11.2. The van der Waals surface area contributed by atoms with Gasteiger partial charge in [0.2, 0.25) is 0 Å². The fourth-order valence-corrected chi connectivity index (χ4v) is 1.83. The van der Waals surface area contributed by atoms with Crippen LogP contribution >= 0.6 is 0 Å². The number of methoxy groups -OCH3 is 2. The van der Waals surface area contributed by atoms with Gasteiger partial charge in [0.05, 0.1) is 19.9 Å². The second-order valence-electron chi connectivity index (χ2n) is 4.51. The van der Waals surface area contributed by atoms with Crippen molar-refractivity contribution in [2.45, 2.75) is 32.9 Å². The molecular weight excluding hydrogens is 220 g/mol. The van der Waals surface area contributed by atoms with Crippen molar-refractivity contribution in [1.29, 1.82) is 0 Å². The van der Waals surface area contributed by atoms with E-state index in [2.05, 4.69) is 5.10 Å². The fourth-order valence-electron chi connectivity index (χ4n) is 1.83. The highest BCUT2D eigenvalue weighted by atomic mass is 16.5. The Morgan fingerprint density at radius 1 is 1.35 bits per heavy atom. The van der Waals surface area contributed by atoms with Crippen LogP contribution in [-0.4, -0.2) is 35.7 Å². The number of hydrogen-bond donors (Lipinski definition) is 1. The summed E-state index contributed by atoms with van der Waals surface area (Å²) in [5, 5.41) is 14.6. The first-order chi connectivity index (χ1) is 8.02. The summed E-state index contributed by atoms with van der Waals surface area (Å²) in [6.07, 6.45) is 0.993. The molecule has 0 bridgehead atoms. The van der Waals surface area contributed by atoms with Crippen molar-refractivity contribution in [3.63, 3.8) is 0 Å². The lowest BCUT2D eigenvalue weighted by atomic mass is 10.0. The van der Waals surface area contributed by atoms with Gasteiger partial charge in [0.25, 0.3) is 0 Å². The van der Waals surface area contributed by atoms with Crippen molar-refractivity contribution in [3.8, 4) is 5.75 Å². The second-order valence-corrected chi connectivity index (χ2v) is 4.51. The Morgan fingerprint density at radius 3 is 2.47 bits per heavy atom. The molecule has 0 spiro atoms. The quantitative estimate of drug-likeness (QED) is 0.826. The van der Waals surface area contributed by atoms with Gasteiger partial charge in [-0.05, 0) is 13.8 Å². The van der Waals surface area contributed by atoms with E-state index in [4.69, 9.17) is 9.47 Å². The molecule has 0 saturated heterocycles. The lowest BCUT2D eigenvalue weighted by molar-refractivity contribution is 0.0488. The summed E-state index contributed by atoms with van der Waals surface area (Å²) >= 11 is 0. The average Bonchev–Trinajstić information content (AvgIpc) is 2.71. The maximum absolute atomic E-state index is 10.3. The summed E-state index contributed by atoms with van der Waals surface area (Å²) in [6, 6.07) is 0.179. The molecule has 1 aromatic rings. The summed E-state index contributed by atoms with van der Waals surface area (Å²) in [5.74, 6) is 0.609. The molecule has 98 valence electrons. The van der Waals surface area contributed by atoms with E-state index in [0.717, 1.165) is 0 Å². The van der Waals surface area contributed by atoms with Crippen LogP contribution in [0.2, 0.25) is 0 Å². The largest absolute Gasteiger partial charge is 0.493 e. The van der Waals surface area contributed by atoms with Crippen LogP contribution in [0.1, 0.15) is 38.6 Å². The zero-order valence-corrected chi connectivity index (χ0v) is 11.2. The summed E-state index contributed by atoms with van der Waals surface area (Å²) in [7, 11) is 3.21. The number of aliphatic hydroxyl groups is 1. The normalized spacial score (nSPS) is 15.0. The average molecular weight is 242 g/mol. The Hall–Kier alpha value is -1.07. The van der Waals surface area contributed by atoms with Crippen LogP contribution in [-0.2, 0) is 4.74 Å². The summed E-state index contributed by atoms with van der Waals surface area (Å²) < 4.78 is 12.1. The first-order valence-electron chi connectivity index (χ1n) is 5.81. The van der Waals surface area contributed by atoms with E-state index in [1.165, 1.54) is 0 Å². The first-order valence-corrected chi connectivity index (χ1v) is 5.81. The molecule has 2 atom stereocenters. The SMILES string of the molecule is COCC(C)C(O)c1c(OC)cnn1C(C)C. The van der Waals surface area contributed by atoms with Crippen LogP contribution in [0.4, 0.5) is 0 Å². The molecule has 0 saturated carbocycles. The minimum absolute atomic E-state index is 0.0110. The Morgan fingerprint density at radius 2 is 2.00 bits per heavy atom. The van der Waals surface area contributed by atoms with Gasteiger partial charge in [-0.15, -0.1) is 0 Å². The third kappa shape index (κ3) is 2.98. The van der Waals surface area contributed by atoms with Crippen LogP contribution < -0.4 is 4.74 Å². The molecule has 5 heteroatoms. The maximum atomic E-state index is 10.3. The molecular formula is C12H22N2O3. The molecule has 5 nitrogen and oxygen atoms in total. The molecule has 0 amide bonds. The molecule has 1 N–H and O–H groups in total. The predicted molar refractivity (Wildman–Crippen MR) is 65.2 cm³/mol. The molecule has 1 rings (SSSR count). The van der Waals surface area contributed by atoms with Gasteiger partial charge < -0.3 is 14.6 Å². The van der Waals surface area contributed by atoms with E-state index in [0.29, 0.717) is 18.1 Å². The number of hydrogen-bond acceptors (Lipinski definition) is 4. The lowest BCUT2D eigenvalue weighted by Crippen LogP contribution is -2.20.